The molecule has 22 heavy (non-hydrogen) atoms. The van der Waals surface area contributed by atoms with E-state index in [9.17, 15) is 24.6 Å². The molecule has 128 valence electrons. The molecule has 0 aliphatic rings. The molecule has 0 radical (unpaired) electrons. The SMILES string of the molecule is CC([C@H](NC(=O)OC(C)(C)C)C(=O)O)C(C)(CCN)C(=O)O. The summed E-state index contributed by atoms with van der Waals surface area (Å²) in [6.45, 7) is 7.89. The van der Waals surface area contributed by atoms with Gasteiger partial charge < -0.3 is 26.0 Å². The van der Waals surface area contributed by atoms with Crippen LogP contribution in [0.3, 0.4) is 0 Å². The fraction of sp³-hybridized carbons (Fsp3) is 0.786. The Hall–Kier alpha value is -1.83. The monoisotopic (exact) mass is 318 g/mol. The largest absolute Gasteiger partial charge is 0.481 e. The molecular weight excluding hydrogens is 292 g/mol. The summed E-state index contributed by atoms with van der Waals surface area (Å²) in [6, 6.07) is -1.40. The van der Waals surface area contributed by atoms with Gasteiger partial charge in [0, 0.05) is 5.92 Å². The molecule has 5 N–H and O–H groups in total. The number of hydrogen-bond acceptors (Lipinski definition) is 5. The summed E-state index contributed by atoms with van der Waals surface area (Å²) in [5.74, 6) is -3.39. The van der Waals surface area contributed by atoms with Crippen LogP contribution in [0.25, 0.3) is 0 Å². The zero-order valence-electron chi connectivity index (χ0n) is 13.7. The van der Waals surface area contributed by atoms with E-state index in [-0.39, 0.29) is 13.0 Å². The Labute approximate surface area is 130 Å². The van der Waals surface area contributed by atoms with E-state index in [2.05, 4.69) is 5.32 Å². The van der Waals surface area contributed by atoms with Crippen molar-refractivity contribution in [1.82, 2.24) is 5.32 Å². The Morgan fingerprint density at radius 3 is 2.00 bits per heavy atom. The highest BCUT2D eigenvalue weighted by Gasteiger charge is 2.45. The van der Waals surface area contributed by atoms with Gasteiger partial charge in [0.15, 0.2) is 0 Å². The van der Waals surface area contributed by atoms with Gasteiger partial charge in [-0.3, -0.25) is 4.79 Å². The zero-order chi connectivity index (χ0) is 17.7. The number of alkyl carbamates (subject to hydrolysis) is 1. The first-order valence-electron chi connectivity index (χ1n) is 7.01. The maximum Gasteiger partial charge on any atom is 0.408 e. The lowest BCUT2D eigenvalue weighted by Crippen LogP contribution is -2.53. The van der Waals surface area contributed by atoms with Gasteiger partial charge in [-0.25, -0.2) is 9.59 Å². The Kier molecular flexibility index (Phi) is 6.82. The molecule has 2 unspecified atom stereocenters. The Morgan fingerprint density at radius 2 is 1.68 bits per heavy atom. The molecule has 0 aliphatic carbocycles. The van der Waals surface area contributed by atoms with Gasteiger partial charge in [0.2, 0.25) is 0 Å². The van der Waals surface area contributed by atoms with E-state index in [1.165, 1.54) is 13.8 Å². The van der Waals surface area contributed by atoms with Crippen LogP contribution in [0.4, 0.5) is 4.79 Å². The lowest BCUT2D eigenvalue weighted by Gasteiger charge is -2.35. The van der Waals surface area contributed by atoms with Crippen LogP contribution < -0.4 is 11.1 Å². The molecule has 0 aliphatic heterocycles. The number of carboxylic acid groups (broad SMARTS) is 2. The Balaban J connectivity index is 5.28. The molecule has 8 heteroatoms. The van der Waals surface area contributed by atoms with E-state index in [1.807, 2.05) is 0 Å². The highest BCUT2D eigenvalue weighted by Crippen LogP contribution is 2.33. The second-order valence-electron chi connectivity index (χ2n) is 6.51. The topological polar surface area (TPSA) is 139 Å². The van der Waals surface area contributed by atoms with Crippen molar-refractivity contribution in [2.45, 2.75) is 52.7 Å². The first-order valence-corrected chi connectivity index (χ1v) is 7.01. The lowest BCUT2D eigenvalue weighted by atomic mass is 9.72. The molecular formula is C14H26N2O6. The number of rotatable bonds is 7. The van der Waals surface area contributed by atoms with Crippen molar-refractivity contribution < 1.29 is 29.3 Å². The number of amides is 1. The Morgan fingerprint density at radius 1 is 1.18 bits per heavy atom. The summed E-state index contributed by atoms with van der Waals surface area (Å²) < 4.78 is 5.02. The summed E-state index contributed by atoms with van der Waals surface area (Å²) in [4.78, 5) is 34.7. The van der Waals surface area contributed by atoms with Crippen LogP contribution in [-0.4, -0.2) is 46.4 Å². The van der Waals surface area contributed by atoms with E-state index >= 15 is 0 Å². The number of nitrogens with one attached hydrogen (secondary N) is 1. The maximum absolute atomic E-state index is 11.8. The van der Waals surface area contributed by atoms with Crippen molar-refractivity contribution in [1.29, 1.82) is 0 Å². The van der Waals surface area contributed by atoms with Gasteiger partial charge in [-0.05, 0) is 40.7 Å². The van der Waals surface area contributed by atoms with Crippen LogP contribution in [0.15, 0.2) is 0 Å². The third-order valence-corrected chi connectivity index (χ3v) is 3.60. The molecule has 0 bridgehead atoms. The van der Waals surface area contributed by atoms with Gasteiger partial charge in [0.25, 0.3) is 0 Å². The van der Waals surface area contributed by atoms with Gasteiger partial charge in [-0.15, -0.1) is 0 Å². The molecule has 0 spiro atoms. The molecule has 0 fully saturated rings. The standard InChI is InChI=1S/C14H26N2O6/c1-8(14(5,6-7-15)11(19)20)9(10(17)18)16-12(21)22-13(2,3)4/h8-9H,6-7,15H2,1-5H3,(H,16,21)(H,17,18)(H,19,20)/t8?,9-,14?/m0/s1. The average Bonchev–Trinajstić information content (AvgIpc) is 2.32. The molecule has 0 rings (SSSR count). The van der Waals surface area contributed by atoms with E-state index in [1.54, 1.807) is 20.8 Å². The lowest BCUT2D eigenvalue weighted by molar-refractivity contribution is -0.154. The van der Waals surface area contributed by atoms with Crippen LogP contribution in [0.1, 0.15) is 41.0 Å². The Bertz CT molecular complexity index is 432. The number of hydrogen-bond donors (Lipinski definition) is 4. The molecule has 8 nitrogen and oxygen atoms in total. The number of carbonyl (C=O) groups is 3. The molecule has 1 amide bonds. The molecule has 0 aromatic carbocycles. The number of nitrogens with two attached hydrogens (primary N) is 1. The third-order valence-electron chi connectivity index (χ3n) is 3.60. The van der Waals surface area contributed by atoms with Crippen molar-refractivity contribution in [3.05, 3.63) is 0 Å². The number of carboxylic acids is 2. The van der Waals surface area contributed by atoms with Gasteiger partial charge >= 0.3 is 18.0 Å². The number of ether oxygens (including phenoxy) is 1. The van der Waals surface area contributed by atoms with Crippen molar-refractivity contribution in [2.24, 2.45) is 17.1 Å². The summed E-state index contributed by atoms with van der Waals surface area (Å²) in [5.41, 5.74) is 3.26. The normalized spacial score (nSPS) is 17.0. The van der Waals surface area contributed by atoms with E-state index in [0.717, 1.165) is 0 Å². The van der Waals surface area contributed by atoms with E-state index in [4.69, 9.17) is 10.5 Å². The summed E-state index contributed by atoms with van der Waals surface area (Å²) in [7, 11) is 0. The molecule has 0 heterocycles. The minimum Gasteiger partial charge on any atom is -0.481 e. The zero-order valence-corrected chi connectivity index (χ0v) is 13.7. The fourth-order valence-corrected chi connectivity index (χ4v) is 2.03. The van der Waals surface area contributed by atoms with Crippen LogP contribution in [0, 0.1) is 11.3 Å². The smallest absolute Gasteiger partial charge is 0.408 e. The van der Waals surface area contributed by atoms with Crippen molar-refractivity contribution in [2.75, 3.05) is 6.54 Å². The third kappa shape index (κ3) is 5.51. The first-order chi connectivity index (χ1) is 9.85. The van der Waals surface area contributed by atoms with E-state index in [0.29, 0.717) is 0 Å². The number of aliphatic carboxylic acids is 2. The van der Waals surface area contributed by atoms with Gasteiger partial charge in [0.05, 0.1) is 5.41 Å². The second kappa shape index (κ2) is 7.44. The number of carbonyl (C=O) groups excluding carboxylic acids is 1. The maximum atomic E-state index is 11.8. The van der Waals surface area contributed by atoms with Crippen molar-refractivity contribution in [3.8, 4) is 0 Å². The average molecular weight is 318 g/mol. The molecule has 0 saturated heterocycles. The van der Waals surface area contributed by atoms with Crippen LogP contribution >= 0.6 is 0 Å². The van der Waals surface area contributed by atoms with Crippen LogP contribution in [-0.2, 0) is 14.3 Å². The minimum absolute atomic E-state index is 0.0866. The van der Waals surface area contributed by atoms with Gasteiger partial charge in [-0.1, -0.05) is 6.92 Å². The first kappa shape index (κ1) is 20.2. The molecule has 3 atom stereocenters. The quantitative estimate of drug-likeness (QED) is 0.550. The molecule has 0 aromatic heterocycles. The van der Waals surface area contributed by atoms with E-state index < -0.39 is 41.0 Å². The highest BCUT2D eigenvalue weighted by atomic mass is 16.6. The fourth-order valence-electron chi connectivity index (χ4n) is 2.03. The predicted molar refractivity (Wildman–Crippen MR) is 79.4 cm³/mol. The van der Waals surface area contributed by atoms with Gasteiger partial charge in [0.1, 0.15) is 11.6 Å². The predicted octanol–water partition coefficient (Wildman–Crippen LogP) is 1.04. The highest BCUT2D eigenvalue weighted by molar-refractivity contribution is 5.82. The van der Waals surface area contributed by atoms with Crippen LogP contribution in [0.2, 0.25) is 0 Å². The molecule has 0 saturated carbocycles. The van der Waals surface area contributed by atoms with Gasteiger partial charge in [-0.2, -0.15) is 0 Å². The van der Waals surface area contributed by atoms with Crippen LogP contribution in [0.5, 0.6) is 0 Å². The van der Waals surface area contributed by atoms with Crippen molar-refractivity contribution in [3.63, 3.8) is 0 Å². The molecule has 0 aromatic rings. The summed E-state index contributed by atoms with van der Waals surface area (Å²) in [6.07, 6.45) is -0.823. The van der Waals surface area contributed by atoms with Crippen molar-refractivity contribution >= 4 is 18.0 Å². The summed E-state index contributed by atoms with van der Waals surface area (Å²) >= 11 is 0. The summed E-state index contributed by atoms with van der Waals surface area (Å²) in [5, 5.41) is 20.9. The second-order valence-corrected chi connectivity index (χ2v) is 6.51. The minimum atomic E-state index is -1.40.